The van der Waals surface area contributed by atoms with Crippen LogP contribution in [0.15, 0.2) is 35.4 Å². The number of benzene rings is 1. The number of rotatable bonds is 8. The molecule has 1 unspecified atom stereocenters. The number of nitrogens with one attached hydrogen (secondary N) is 1. The van der Waals surface area contributed by atoms with Gasteiger partial charge in [-0.05, 0) is 50.8 Å². The average molecular weight is 448 g/mol. The maximum absolute atomic E-state index is 13.4. The molecule has 1 aromatic carbocycles. The van der Waals surface area contributed by atoms with E-state index in [4.69, 9.17) is 9.47 Å². The number of pyridine rings is 1. The predicted molar refractivity (Wildman–Crippen MR) is 118 cm³/mol. The maximum Gasteiger partial charge on any atom is 0.244 e. The van der Waals surface area contributed by atoms with E-state index in [1.54, 1.807) is 33.1 Å². The molecule has 8 nitrogen and oxygen atoms in total. The molecule has 3 rings (SSSR count). The molecule has 0 aliphatic carbocycles. The zero-order valence-electron chi connectivity index (χ0n) is 18.3. The van der Waals surface area contributed by atoms with Gasteiger partial charge < -0.3 is 14.8 Å². The van der Waals surface area contributed by atoms with Crippen LogP contribution < -0.4 is 10.1 Å². The molecule has 2 heterocycles. The Morgan fingerprint density at radius 3 is 2.52 bits per heavy atom. The summed E-state index contributed by atoms with van der Waals surface area (Å²) in [6.07, 6.45) is 2.59. The van der Waals surface area contributed by atoms with E-state index < -0.39 is 16.1 Å². The summed E-state index contributed by atoms with van der Waals surface area (Å²) < 4.78 is 38.5. The third-order valence-electron chi connectivity index (χ3n) is 5.22. The number of hydrogen-bond donors (Lipinski definition) is 1. The van der Waals surface area contributed by atoms with Crippen molar-refractivity contribution in [1.82, 2.24) is 9.29 Å². The summed E-state index contributed by atoms with van der Waals surface area (Å²) >= 11 is 0. The van der Waals surface area contributed by atoms with Crippen LogP contribution in [0.5, 0.6) is 5.88 Å². The fraction of sp³-hybridized carbons (Fsp3) is 0.455. The molecule has 1 saturated heterocycles. The first-order chi connectivity index (χ1) is 14.7. The van der Waals surface area contributed by atoms with E-state index in [1.807, 2.05) is 19.1 Å². The van der Waals surface area contributed by atoms with Crippen LogP contribution in [0.4, 0.5) is 5.69 Å². The number of nitrogens with zero attached hydrogens (tertiary/aromatic N) is 2. The number of aromatic nitrogens is 1. The Morgan fingerprint density at radius 2 is 1.90 bits per heavy atom. The Hall–Kier alpha value is -2.49. The van der Waals surface area contributed by atoms with Gasteiger partial charge in [-0.1, -0.05) is 17.7 Å². The van der Waals surface area contributed by atoms with Crippen molar-refractivity contribution in [3.63, 3.8) is 0 Å². The molecule has 168 valence electrons. The summed E-state index contributed by atoms with van der Waals surface area (Å²) in [4.78, 5) is 17.4. The van der Waals surface area contributed by atoms with E-state index in [9.17, 15) is 13.2 Å². The van der Waals surface area contributed by atoms with Crippen molar-refractivity contribution in [3.05, 3.63) is 47.2 Å². The molecule has 1 fully saturated rings. The lowest BCUT2D eigenvalue weighted by atomic mass is 10.1. The SMILES string of the molecule is COCCOc1ccc(NC(=O)C2CCCN2S(=O)(=O)c2c(C)cc(C)cc2C)cn1. The van der Waals surface area contributed by atoms with Gasteiger partial charge in [-0.3, -0.25) is 4.79 Å². The fourth-order valence-electron chi connectivity index (χ4n) is 3.98. The lowest BCUT2D eigenvalue weighted by molar-refractivity contribution is -0.119. The monoisotopic (exact) mass is 447 g/mol. The van der Waals surface area contributed by atoms with Gasteiger partial charge >= 0.3 is 0 Å². The van der Waals surface area contributed by atoms with Gasteiger partial charge in [0.2, 0.25) is 21.8 Å². The number of carbonyl (C=O) groups excluding carboxylic acids is 1. The average Bonchev–Trinajstić information content (AvgIpc) is 3.19. The molecule has 1 aliphatic rings. The van der Waals surface area contributed by atoms with Gasteiger partial charge in [0.1, 0.15) is 12.6 Å². The van der Waals surface area contributed by atoms with E-state index in [1.165, 1.54) is 10.5 Å². The Labute approximate surface area is 183 Å². The lowest BCUT2D eigenvalue weighted by Gasteiger charge is -2.25. The first-order valence-corrected chi connectivity index (χ1v) is 11.7. The molecule has 1 atom stereocenters. The van der Waals surface area contributed by atoms with Crippen LogP contribution in [-0.4, -0.2) is 56.5 Å². The van der Waals surface area contributed by atoms with Crippen LogP contribution in [0.1, 0.15) is 29.5 Å². The minimum atomic E-state index is -3.80. The fourth-order valence-corrected chi connectivity index (χ4v) is 6.05. The van der Waals surface area contributed by atoms with Crippen molar-refractivity contribution in [1.29, 1.82) is 0 Å². The second-order valence-corrected chi connectivity index (χ2v) is 9.54. The second kappa shape index (κ2) is 9.76. The summed E-state index contributed by atoms with van der Waals surface area (Å²) in [5.41, 5.74) is 2.87. The van der Waals surface area contributed by atoms with Crippen LogP contribution in [0.25, 0.3) is 0 Å². The van der Waals surface area contributed by atoms with Crippen LogP contribution in [-0.2, 0) is 19.6 Å². The van der Waals surface area contributed by atoms with Crippen LogP contribution in [0.2, 0.25) is 0 Å². The van der Waals surface area contributed by atoms with Crippen LogP contribution in [0, 0.1) is 20.8 Å². The minimum Gasteiger partial charge on any atom is -0.475 e. The highest BCUT2D eigenvalue weighted by Gasteiger charge is 2.40. The van der Waals surface area contributed by atoms with E-state index >= 15 is 0 Å². The first kappa shape index (κ1) is 23.2. The number of carbonyl (C=O) groups is 1. The summed E-state index contributed by atoms with van der Waals surface area (Å²) in [5, 5.41) is 2.78. The molecule has 1 N–H and O–H groups in total. The van der Waals surface area contributed by atoms with E-state index in [0.29, 0.717) is 55.3 Å². The third kappa shape index (κ3) is 5.23. The minimum absolute atomic E-state index is 0.289. The van der Waals surface area contributed by atoms with Crippen LogP contribution >= 0.6 is 0 Å². The number of hydrogen-bond acceptors (Lipinski definition) is 6. The van der Waals surface area contributed by atoms with E-state index in [0.717, 1.165) is 5.56 Å². The smallest absolute Gasteiger partial charge is 0.244 e. The van der Waals surface area contributed by atoms with Crippen molar-refractivity contribution in [3.8, 4) is 5.88 Å². The van der Waals surface area contributed by atoms with Gasteiger partial charge in [-0.2, -0.15) is 4.31 Å². The molecule has 0 bridgehead atoms. The molecule has 0 saturated carbocycles. The van der Waals surface area contributed by atoms with Gasteiger partial charge in [0.05, 0.1) is 23.4 Å². The zero-order chi connectivity index (χ0) is 22.6. The Kier molecular flexibility index (Phi) is 7.30. The van der Waals surface area contributed by atoms with Crippen molar-refractivity contribution >= 4 is 21.6 Å². The molecule has 2 aromatic rings. The summed E-state index contributed by atoms with van der Waals surface area (Å²) in [6.45, 7) is 6.66. The number of amides is 1. The zero-order valence-corrected chi connectivity index (χ0v) is 19.2. The quantitative estimate of drug-likeness (QED) is 0.625. The van der Waals surface area contributed by atoms with Crippen molar-refractivity contribution < 1.29 is 22.7 Å². The number of aryl methyl sites for hydroxylation is 3. The normalized spacial score (nSPS) is 17.0. The second-order valence-electron chi connectivity index (χ2n) is 7.72. The number of anilines is 1. The van der Waals surface area contributed by atoms with E-state index in [-0.39, 0.29) is 10.8 Å². The molecule has 0 spiro atoms. The predicted octanol–water partition coefficient (Wildman–Crippen LogP) is 2.82. The molecule has 0 radical (unpaired) electrons. The Bertz CT molecular complexity index is 1010. The molecule has 31 heavy (non-hydrogen) atoms. The Morgan fingerprint density at radius 1 is 1.19 bits per heavy atom. The topological polar surface area (TPSA) is 97.8 Å². The molecular weight excluding hydrogens is 418 g/mol. The molecule has 1 aliphatic heterocycles. The maximum atomic E-state index is 13.4. The molecule has 1 amide bonds. The summed E-state index contributed by atoms with van der Waals surface area (Å²) in [6, 6.07) is 6.27. The van der Waals surface area contributed by atoms with Crippen molar-refractivity contribution in [2.75, 3.05) is 32.2 Å². The number of ether oxygens (including phenoxy) is 2. The number of methoxy groups -OCH3 is 1. The summed E-state index contributed by atoms with van der Waals surface area (Å²) in [5.74, 6) is 0.0591. The summed E-state index contributed by atoms with van der Waals surface area (Å²) in [7, 11) is -2.21. The first-order valence-electron chi connectivity index (χ1n) is 10.2. The van der Waals surface area contributed by atoms with Crippen LogP contribution in [0.3, 0.4) is 0 Å². The van der Waals surface area contributed by atoms with E-state index in [2.05, 4.69) is 10.3 Å². The lowest BCUT2D eigenvalue weighted by Crippen LogP contribution is -2.43. The highest BCUT2D eigenvalue weighted by atomic mass is 32.2. The molecule has 1 aromatic heterocycles. The van der Waals surface area contributed by atoms with Gasteiger partial charge in [0.15, 0.2) is 0 Å². The largest absolute Gasteiger partial charge is 0.475 e. The number of sulfonamides is 1. The molecular formula is C22H29N3O5S. The van der Waals surface area contributed by atoms with Gasteiger partial charge in [-0.25, -0.2) is 13.4 Å². The molecule has 9 heteroatoms. The standard InChI is InChI=1S/C22H29N3O5S/c1-15-12-16(2)21(17(3)13-15)31(27,28)25-9-5-6-19(25)22(26)24-18-7-8-20(23-14-18)30-11-10-29-4/h7-8,12-14,19H,5-6,9-11H2,1-4H3,(H,24,26). The van der Waals surface area contributed by atoms with Crippen molar-refractivity contribution in [2.45, 2.75) is 44.6 Å². The van der Waals surface area contributed by atoms with Gasteiger partial charge in [0.25, 0.3) is 0 Å². The van der Waals surface area contributed by atoms with Crippen molar-refractivity contribution in [2.24, 2.45) is 0 Å². The highest BCUT2D eigenvalue weighted by Crippen LogP contribution is 2.31. The van der Waals surface area contributed by atoms with Gasteiger partial charge in [0, 0.05) is 19.7 Å². The Balaban J connectivity index is 1.75. The van der Waals surface area contributed by atoms with Gasteiger partial charge in [-0.15, -0.1) is 0 Å². The third-order valence-corrected chi connectivity index (χ3v) is 7.43. The highest BCUT2D eigenvalue weighted by molar-refractivity contribution is 7.89.